The molecule has 0 aromatic carbocycles. The van der Waals surface area contributed by atoms with E-state index in [1.807, 2.05) is 0 Å². The highest BCUT2D eigenvalue weighted by atomic mass is 16.6. The van der Waals surface area contributed by atoms with Crippen molar-refractivity contribution in [1.29, 1.82) is 0 Å². The maximum Gasteiger partial charge on any atom is 0.331 e. The first kappa shape index (κ1) is 19.3. The first-order chi connectivity index (χ1) is 12.4. The molecule has 26 heavy (non-hydrogen) atoms. The number of allylic oxidation sites excluding steroid dienone is 2. The Morgan fingerprint density at radius 1 is 1.35 bits per heavy atom. The summed E-state index contributed by atoms with van der Waals surface area (Å²) in [6.45, 7) is 6.95. The summed E-state index contributed by atoms with van der Waals surface area (Å²) >= 11 is 0. The third kappa shape index (κ3) is 3.63. The molecule has 0 N–H and O–H groups in total. The van der Waals surface area contributed by atoms with Gasteiger partial charge in [-0.1, -0.05) is 11.6 Å². The van der Waals surface area contributed by atoms with E-state index in [0.29, 0.717) is 19.3 Å². The summed E-state index contributed by atoms with van der Waals surface area (Å²) < 4.78 is 23.3. The van der Waals surface area contributed by atoms with Crippen LogP contribution >= 0.6 is 0 Å². The molecule has 6 heteroatoms. The first-order valence-electron chi connectivity index (χ1n) is 9.16. The van der Waals surface area contributed by atoms with Gasteiger partial charge in [-0.25, -0.2) is 4.79 Å². The standard InChI is InChI=1S/C20H28O6/c1-13(2)7-8-15-19(3,26-15)18-17(23-4)14(9-10-20(18)12-24-20)25-16(22)6-5-11-21/h5-7,11,14-15,17-18H,8-10,12H2,1-4H3. The Labute approximate surface area is 154 Å². The fourth-order valence-corrected chi connectivity index (χ4v) is 4.38. The van der Waals surface area contributed by atoms with Crippen molar-refractivity contribution in [2.45, 2.75) is 69.5 Å². The predicted molar refractivity (Wildman–Crippen MR) is 94.6 cm³/mol. The lowest BCUT2D eigenvalue weighted by Crippen LogP contribution is -2.55. The average molecular weight is 364 g/mol. The van der Waals surface area contributed by atoms with Crippen LogP contribution in [0.2, 0.25) is 0 Å². The number of aldehydes is 1. The summed E-state index contributed by atoms with van der Waals surface area (Å²) in [7, 11) is 1.64. The molecule has 6 unspecified atom stereocenters. The molecule has 0 bridgehead atoms. The van der Waals surface area contributed by atoms with Gasteiger partial charge in [0.25, 0.3) is 0 Å². The maximum absolute atomic E-state index is 11.9. The van der Waals surface area contributed by atoms with Crippen molar-refractivity contribution in [2.24, 2.45) is 5.92 Å². The van der Waals surface area contributed by atoms with E-state index < -0.39 is 5.97 Å². The maximum atomic E-state index is 11.9. The Kier molecular flexibility index (Phi) is 5.37. The van der Waals surface area contributed by atoms with E-state index in [1.165, 1.54) is 5.57 Å². The number of ether oxygens (including phenoxy) is 4. The van der Waals surface area contributed by atoms with Crippen molar-refractivity contribution in [2.75, 3.05) is 13.7 Å². The highest BCUT2D eigenvalue weighted by Gasteiger charge is 2.72. The Balaban J connectivity index is 1.76. The summed E-state index contributed by atoms with van der Waals surface area (Å²) in [5, 5.41) is 0. The molecule has 1 aliphatic carbocycles. The van der Waals surface area contributed by atoms with Crippen molar-refractivity contribution in [3.8, 4) is 0 Å². The van der Waals surface area contributed by atoms with Crippen LogP contribution in [0, 0.1) is 5.92 Å². The molecule has 0 radical (unpaired) electrons. The van der Waals surface area contributed by atoms with Gasteiger partial charge in [0, 0.05) is 13.2 Å². The second-order valence-electron chi connectivity index (χ2n) is 7.85. The molecular formula is C20H28O6. The van der Waals surface area contributed by atoms with Gasteiger partial charge in [0.15, 0.2) is 0 Å². The van der Waals surface area contributed by atoms with Crippen LogP contribution < -0.4 is 0 Å². The molecular weight excluding hydrogens is 336 g/mol. The Morgan fingerprint density at radius 3 is 2.65 bits per heavy atom. The van der Waals surface area contributed by atoms with Gasteiger partial charge >= 0.3 is 5.97 Å². The van der Waals surface area contributed by atoms with Crippen LogP contribution in [0.15, 0.2) is 23.8 Å². The molecule has 3 aliphatic rings. The van der Waals surface area contributed by atoms with Gasteiger partial charge in [0.2, 0.25) is 0 Å². The predicted octanol–water partition coefficient (Wildman–Crippen LogP) is 2.36. The van der Waals surface area contributed by atoms with Crippen LogP contribution in [0.1, 0.15) is 40.0 Å². The minimum atomic E-state index is -0.529. The third-order valence-corrected chi connectivity index (χ3v) is 5.82. The minimum absolute atomic E-state index is 0.00263. The summed E-state index contributed by atoms with van der Waals surface area (Å²) in [5.41, 5.74) is 0.671. The number of hydrogen-bond donors (Lipinski definition) is 0. The zero-order chi connectivity index (χ0) is 18.9. The molecule has 6 nitrogen and oxygen atoms in total. The number of carbonyl (C=O) groups excluding carboxylic acids is 2. The van der Waals surface area contributed by atoms with Crippen LogP contribution in [-0.4, -0.2) is 55.5 Å². The second kappa shape index (κ2) is 7.25. The zero-order valence-electron chi connectivity index (χ0n) is 15.9. The second-order valence-corrected chi connectivity index (χ2v) is 7.85. The van der Waals surface area contributed by atoms with Gasteiger partial charge in [-0.2, -0.15) is 0 Å². The number of epoxide rings is 2. The lowest BCUT2D eigenvalue weighted by molar-refractivity contribution is -0.166. The molecule has 2 heterocycles. The summed E-state index contributed by atoms with van der Waals surface area (Å²) in [6, 6.07) is 0. The molecule has 1 saturated carbocycles. The monoisotopic (exact) mass is 364 g/mol. The van der Waals surface area contributed by atoms with Gasteiger partial charge in [0.05, 0.1) is 18.6 Å². The molecule has 2 aliphatic heterocycles. The Morgan fingerprint density at radius 2 is 2.08 bits per heavy atom. The SMILES string of the molecule is COC1C(OC(=O)C=CC=O)CCC2(CO2)C1C1(C)OC1CC=C(C)C. The van der Waals surface area contributed by atoms with Gasteiger partial charge in [-0.05, 0) is 46.1 Å². The molecule has 144 valence electrons. The normalized spacial score (nSPS) is 41.1. The van der Waals surface area contributed by atoms with E-state index >= 15 is 0 Å². The van der Waals surface area contributed by atoms with E-state index in [-0.39, 0.29) is 35.4 Å². The topological polar surface area (TPSA) is 77.7 Å². The van der Waals surface area contributed by atoms with Crippen molar-refractivity contribution in [1.82, 2.24) is 0 Å². The fourth-order valence-electron chi connectivity index (χ4n) is 4.38. The molecule has 3 rings (SSSR count). The van der Waals surface area contributed by atoms with E-state index in [4.69, 9.17) is 18.9 Å². The lowest BCUT2D eigenvalue weighted by Gasteiger charge is -2.42. The minimum Gasteiger partial charge on any atom is -0.456 e. The van der Waals surface area contributed by atoms with Crippen LogP contribution in [-0.2, 0) is 28.5 Å². The number of rotatable bonds is 7. The van der Waals surface area contributed by atoms with Gasteiger partial charge < -0.3 is 18.9 Å². The average Bonchev–Trinajstić information content (AvgIpc) is 3.50. The lowest BCUT2D eigenvalue weighted by atomic mass is 9.68. The number of methoxy groups -OCH3 is 1. The van der Waals surface area contributed by atoms with Crippen molar-refractivity contribution < 1.29 is 28.5 Å². The Bertz CT molecular complexity index is 616. The van der Waals surface area contributed by atoms with Crippen molar-refractivity contribution in [3.05, 3.63) is 23.8 Å². The molecule has 2 saturated heterocycles. The first-order valence-corrected chi connectivity index (χ1v) is 9.16. The summed E-state index contributed by atoms with van der Waals surface area (Å²) in [4.78, 5) is 22.3. The van der Waals surface area contributed by atoms with Crippen LogP contribution in [0.25, 0.3) is 0 Å². The number of carbonyl (C=O) groups is 2. The summed E-state index contributed by atoms with van der Waals surface area (Å²) in [5.74, 6) is -0.532. The molecule has 3 fully saturated rings. The van der Waals surface area contributed by atoms with Gasteiger partial charge in [-0.3, -0.25) is 4.79 Å². The van der Waals surface area contributed by atoms with E-state index in [9.17, 15) is 9.59 Å². The van der Waals surface area contributed by atoms with Crippen LogP contribution in [0.4, 0.5) is 0 Å². The van der Waals surface area contributed by atoms with Gasteiger partial charge in [0.1, 0.15) is 29.7 Å². The number of esters is 1. The highest BCUT2D eigenvalue weighted by Crippen LogP contribution is 2.59. The van der Waals surface area contributed by atoms with E-state index in [0.717, 1.165) is 25.0 Å². The third-order valence-electron chi connectivity index (χ3n) is 5.82. The largest absolute Gasteiger partial charge is 0.456 e. The molecule has 1 spiro atoms. The highest BCUT2D eigenvalue weighted by molar-refractivity contribution is 5.86. The fraction of sp³-hybridized carbons (Fsp3) is 0.700. The number of hydrogen-bond acceptors (Lipinski definition) is 6. The zero-order valence-corrected chi connectivity index (χ0v) is 15.9. The van der Waals surface area contributed by atoms with Crippen molar-refractivity contribution in [3.63, 3.8) is 0 Å². The van der Waals surface area contributed by atoms with Gasteiger partial charge in [-0.15, -0.1) is 0 Å². The quantitative estimate of drug-likeness (QED) is 0.227. The molecule has 0 amide bonds. The van der Waals surface area contributed by atoms with E-state index in [2.05, 4.69) is 26.8 Å². The molecule has 0 aromatic rings. The smallest absolute Gasteiger partial charge is 0.331 e. The van der Waals surface area contributed by atoms with Crippen LogP contribution in [0.3, 0.4) is 0 Å². The van der Waals surface area contributed by atoms with Crippen LogP contribution in [0.5, 0.6) is 0 Å². The van der Waals surface area contributed by atoms with E-state index in [1.54, 1.807) is 7.11 Å². The van der Waals surface area contributed by atoms with Crippen molar-refractivity contribution >= 4 is 12.3 Å². The summed E-state index contributed by atoms with van der Waals surface area (Å²) in [6.07, 6.45) is 6.78. The molecule has 0 aromatic heterocycles. The molecule has 6 atom stereocenters. The Hall–Kier alpha value is -1.50.